The third-order valence-corrected chi connectivity index (χ3v) is 2.92. The molecule has 0 fully saturated rings. The fourth-order valence-corrected chi connectivity index (χ4v) is 2.05. The normalized spacial score (nSPS) is 20.4. The van der Waals surface area contributed by atoms with E-state index in [2.05, 4.69) is 0 Å². The van der Waals surface area contributed by atoms with Crippen molar-refractivity contribution in [3.05, 3.63) is 39.4 Å². The van der Waals surface area contributed by atoms with Gasteiger partial charge in [0.25, 0.3) is 5.69 Å². The number of alkyl halides is 3. The molecule has 0 spiro atoms. The van der Waals surface area contributed by atoms with Crippen molar-refractivity contribution in [3.8, 4) is 0 Å². The zero-order valence-corrected chi connectivity index (χ0v) is 8.86. The van der Waals surface area contributed by atoms with Crippen LogP contribution in [0.2, 0.25) is 0 Å². The molecule has 0 bridgehead atoms. The van der Waals surface area contributed by atoms with Gasteiger partial charge in [-0.15, -0.1) is 0 Å². The minimum absolute atomic E-state index is 0.181. The molecule has 17 heavy (non-hydrogen) atoms. The molecular formula is C10H9F3N2O2. The molecule has 0 saturated carbocycles. The van der Waals surface area contributed by atoms with Crippen LogP contribution in [0.4, 0.5) is 18.9 Å². The molecule has 2 rings (SSSR count). The van der Waals surface area contributed by atoms with Crippen molar-refractivity contribution in [2.45, 2.75) is 25.8 Å². The fraction of sp³-hybridized carbons (Fsp3) is 0.400. The van der Waals surface area contributed by atoms with Gasteiger partial charge in [0.1, 0.15) is 0 Å². The van der Waals surface area contributed by atoms with E-state index >= 15 is 0 Å². The average Bonchev–Trinajstić information content (AvgIpc) is 2.55. The monoisotopic (exact) mass is 246 g/mol. The zero-order valence-electron chi connectivity index (χ0n) is 8.86. The number of nitrogens with zero attached hydrogens (tertiary/aromatic N) is 2. The molecule has 1 atom stereocenters. The maximum Gasteiger partial charge on any atom is 0.460 e. The standard InChI is InChI=1S/C10H9F3N2O2/c1-6-9-3-2-8(15(16)17)4-7(9)5-14(6)10(11,12)13/h2-4,6H,5H2,1H3. The summed E-state index contributed by atoms with van der Waals surface area (Å²) in [6, 6.07) is 3.03. The Morgan fingerprint density at radius 3 is 2.65 bits per heavy atom. The number of non-ortho nitro benzene ring substituents is 1. The van der Waals surface area contributed by atoms with E-state index in [0.29, 0.717) is 16.0 Å². The molecule has 1 aromatic rings. The maximum atomic E-state index is 12.6. The number of halogens is 3. The molecule has 0 saturated heterocycles. The van der Waals surface area contributed by atoms with Gasteiger partial charge < -0.3 is 0 Å². The summed E-state index contributed by atoms with van der Waals surface area (Å²) in [7, 11) is 0. The molecule has 1 unspecified atom stereocenters. The lowest BCUT2D eigenvalue weighted by Crippen LogP contribution is -2.35. The highest BCUT2D eigenvalue weighted by molar-refractivity contribution is 5.43. The molecule has 1 heterocycles. The minimum Gasteiger partial charge on any atom is -0.258 e. The molecule has 0 N–H and O–H groups in total. The highest BCUT2D eigenvalue weighted by Crippen LogP contribution is 2.41. The van der Waals surface area contributed by atoms with Crippen LogP contribution in [0, 0.1) is 10.1 Å². The second-order valence-electron chi connectivity index (χ2n) is 3.91. The van der Waals surface area contributed by atoms with E-state index in [1.54, 1.807) is 0 Å². The topological polar surface area (TPSA) is 46.4 Å². The summed E-state index contributed by atoms with van der Waals surface area (Å²) < 4.78 is 37.9. The summed E-state index contributed by atoms with van der Waals surface area (Å²) in [5.74, 6) is 0. The van der Waals surface area contributed by atoms with Gasteiger partial charge >= 0.3 is 6.30 Å². The first kappa shape index (κ1) is 11.8. The lowest BCUT2D eigenvalue weighted by molar-refractivity contribution is -0.384. The van der Waals surface area contributed by atoms with E-state index in [-0.39, 0.29) is 12.2 Å². The first-order valence-electron chi connectivity index (χ1n) is 4.91. The summed E-state index contributed by atoms with van der Waals surface area (Å²) >= 11 is 0. The molecule has 92 valence electrons. The molecule has 0 amide bonds. The summed E-state index contributed by atoms with van der Waals surface area (Å²) in [5, 5.41) is 10.5. The largest absolute Gasteiger partial charge is 0.460 e. The third kappa shape index (κ3) is 1.97. The number of rotatable bonds is 1. The van der Waals surface area contributed by atoms with E-state index in [4.69, 9.17) is 0 Å². The highest BCUT2D eigenvalue weighted by Gasteiger charge is 2.45. The van der Waals surface area contributed by atoms with Crippen LogP contribution in [-0.4, -0.2) is 16.1 Å². The molecule has 1 aromatic carbocycles. The van der Waals surface area contributed by atoms with Crippen LogP contribution >= 0.6 is 0 Å². The fourth-order valence-electron chi connectivity index (χ4n) is 2.05. The summed E-state index contributed by atoms with van der Waals surface area (Å²) in [5.41, 5.74) is 0.678. The third-order valence-electron chi connectivity index (χ3n) is 2.92. The highest BCUT2D eigenvalue weighted by atomic mass is 19.4. The lowest BCUT2D eigenvalue weighted by atomic mass is 10.1. The van der Waals surface area contributed by atoms with Crippen LogP contribution < -0.4 is 0 Å². The van der Waals surface area contributed by atoms with Crippen LogP contribution in [0.5, 0.6) is 0 Å². The number of benzene rings is 1. The number of nitro groups is 1. The Kier molecular flexibility index (Phi) is 2.57. The average molecular weight is 246 g/mol. The van der Waals surface area contributed by atoms with Gasteiger partial charge in [-0.1, -0.05) is 6.07 Å². The quantitative estimate of drug-likeness (QED) is 0.434. The molecular weight excluding hydrogens is 237 g/mol. The Hall–Kier alpha value is -1.63. The maximum absolute atomic E-state index is 12.6. The Morgan fingerprint density at radius 2 is 2.12 bits per heavy atom. The van der Waals surface area contributed by atoms with Gasteiger partial charge in [-0.25, -0.2) is 4.90 Å². The molecule has 0 aliphatic carbocycles. The van der Waals surface area contributed by atoms with Crippen molar-refractivity contribution in [2.75, 3.05) is 0 Å². The van der Waals surface area contributed by atoms with Crippen molar-refractivity contribution in [1.29, 1.82) is 0 Å². The van der Waals surface area contributed by atoms with Gasteiger partial charge in [-0.3, -0.25) is 10.1 Å². The lowest BCUT2D eigenvalue weighted by Gasteiger charge is -2.23. The van der Waals surface area contributed by atoms with Crippen LogP contribution in [0.1, 0.15) is 24.1 Å². The summed E-state index contributed by atoms with van der Waals surface area (Å²) in [6.07, 6.45) is -4.42. The second kappa shape index (κ2) is 3.69. The van der Waals surface area contributed by atoms with Crippen molar-refractivity contribution < 1.29 is 18.1 Å². The van der Waals surface area contributed by atoms with Gasteiger partial charge in [0.15, 0.2) is 0 Å². The van der Waals surface area contributed by atoms with E-state index in [1.807, 2.05) is 0 Å². The zero-order chi connectivity index (χ0) is 12.8. The van der Waals surface area contributed by atoms with Gasteiger partial charge in [0.2, 0.25) is 0 Å². The molecule has 1 aliphatic heterocycles. The van der Waals surface area contributed by atoms with E-state index in [0.717, 1.165) is 0 Å². The second-order valence-corrected chi connectivity index (χ2v) is 3.91. The van der Waals surface area contributed by atoms with Gasteiger partial charge in [0, 0.05) is 24.7 Å². The Bertz CT molecular complexity index is 473. The Morgan fingerprint density at radius 1 is 1.47 bits per heavy atom. The van der Waals surface area contributed by atoms with Gasteiger partial charge in [-0.2, -0.15) is 13.2 Å². The molecule has 4 nitrogen and oxygen atoms in total. The van der Waals surface area contributed by atoms with Crippen LogP contribution in [0.3, 0.4) is 0 Å². The molecule has 7 heteroatoms. The van der Waals surface area contributed by atoms with E-state index in [9.17, 15) is 23.3 Å². The Balaban J connectivity index is 2.38. The van der Waals surface area contributed by atoms with Crippen LogP contribution in [0.15, 0.2) is 18.2 Å². The van der Waals surface area contributed by atoms with E-state index in [1.165, 1.54) is 25.1 Å². The molecule has 0 aromatic heterocycles. The van der Waals surface area contributed by atoms with Crippen LogP contribution in [0.25, 0.3) is 0 Å². The molecule has 1 aliphatic rings. The predicted molar refractivity (Wildman–Crippen MR) is 53.1 cm³/mol. The Labute approximate surface area is 94.8 Å². The smallest absolute Gasteiger partial charge is 0.258 e. The number of hydrogen-bond donors (Lipinski definition) is 0. The molecule has 0 radical (unpaired) electrons. The number of nitro benzene ring substituents is 1. The predicted octanol–water partition coefficient (Wildman–Crippen LogP) is 2.99. The number of hydrogen-bond acceptors (Lipinski definition) is 3. The van der Waals surface area contributed by atoms with Crippen LogP contribution in [-0.2, 0) is 6.54 Å². The van der Waals surface area contributed by atoms with E-state index < -0.39 is 17.3 Å². The van der Waals surface area contributed by atoms with Crippen molar-refractivity contribution in [3.63, 3.8) is 0 Å². The first-order valence-corrected chi connectivity index (χ1v) is 4.91. The SMILES string of the molecule is CC1c2ccc([N+](=O)[O-])cc2CN1C(F)(F)F. The summed E-state index contributed by atoms with van der Waals surface area (Å²) in [6.45, 7) is 1.10. The number of fused-ring (bicyclic) bond motifs is 1. The van der Waals surface area contributed by atoms with Crippen molar-refractivity contribution >= 4 is 5.69 Å². The van der Waals surface area contributed by atoms with Gasteiger partial charge in [0.05, 0.1) is 4.92 Å². The summed E-state index contributed by atoms with van der Waals surface area (Å²) in [4.78, 5) is 10.3. The van der Waals surface area contributed by atoms with Crippen molar-refractivity contribution in [1.82, 2.24) is 4.90 Å². The first-order chi connectivity index (χ1) is 7.80. The van der Waals surface area contributed by atoms with Crippen molar-refractivity contribution in [2.24, 2.45) is 0 Å². The van der Waals surface area contributed by atoms with Gasteiger partial charge in [-0.05, 0) is 18.1 Å². The minimum atomic E-state index is -4.42.